The molecule has 0 aliphatic carbocycles. The predicted octanol–water partition coefficient (Wildman–Crippen LogP) is 1.44. The van der Waals surface area contributed by atoms with Crippen LogP contribution in [0.1, 0.15) is 24.8 Å². The molecule has 2 aliphatic rings. The normalized spacial score (nSPS) is 23.2. The third kappa shape index (κ3) is 3.58. The Labute approximate surface area is 135 Å². The minimum Gasteiger partial charge on any atom is -0.364 e. The number of carbonyl (C=O) groups excluding carboxylic acids is 2. The molecular weight excluding hydrogens is 306 g/mol. The fourth-order valence-corrected chi connectivity index (χ4v) is 2.76. The van der Waals surface area contributed by atoms with Gasteiger partial charge in [0.15, 0.2) is 0 Å². The summed E-state index contributed by atoms with van der Waals surface area (Å²) in [6.07, 6.45) is 2.27. The van der Waals surface area contributed by atoms with Crippen LogP contribution in [0.25, 0.3) is 0 Å². The molecule has 4 N–H and O–H groups in total. The van der Waals surface area contributed by atoms with E-state index in [0.29, 0.717) is 25.8 Å². The van der Waals surface area contributed by atoms with E-state index in [1.165, 1.54) is 0 Å². The number of carbonyl (C=O) groups is 2. The zero-order valence-corrected chi connectivity index (χ0v) is 12.9. The Balaban J connectivity index is 0.00000176. The number of aryl methyl sites for hydroxylation is 1. The van der Waals surface area contributed by atoms with Crippen molar-refractivity contribution in [3.05, 3.63) is 23.8 Å². The lowest BCUT2D eigenvalue weighted by Crippen LogP contribution is -2.30. The van der Waals surface area contributed by atoms with E-state index in [9.17, 15) is 9.59 Å². The summed E-state index contributed by atoms with van der Waals surface area (Å²) in [5.74, 6) is -0.0998. The van der Waals surface area contributed by atoms with Crippen LogP contribution in [0.3, 0.4) is 0 Å². The molecule has 2 amide bonds. The molecule has 0 unspecified atom stereocenters. The summed E-state index contributed by atoms with van der Waals surface area (Å²) in [5.41, 5.74) is 8.14. The topological polar surface area (TPSA) is 93.5 Å². The van der Waals surface area contributed by atoms with E-state index in [2.05, 4.69) is 10.6 Å². The van der Waals surface area contributed by atoms with Gasteiger partial charge in [0.1, 0.15) is 6.10 Å². The van der Waals surface area contributed by atoms with Crippen molar-refractivity contribution in [1.82, 2.24) is 0 Å². The standard InChI is InChI=1S/C15H19N3O3.ClH/c16-8-11-3-5-13(21-11)15(20)17-10-2-4-12-9(7-10)1-6-14(19)18-12;/h2,4,7,11,13H,1,3,5-6,8,16H2,(H,17,20)(H,18,19);1H/t11-,13+;/m1./s1. The number of fused-ring (bicyclic) bond motifs is 1. The van der Waals surface area contributed by atoms with Gasteiger partial charge in [-0.2, -0.15) is 0 Å². The highest BCUT2D eigenvalue weighted by Crippen LogP contribution is 2.26. The summed E-state index contributed by atoms with van der Waals surface area (Å²) in [5, 5.41) is 5.69. The highest BCUT2D eigenvalue weighted by atomic mass is 35.5. The van der Waals surface area contributed by atoms with Crippen molar-refractivity contribution in [3.8, 4) is 0 Å². The van der Waals surface area contributed by atoms with Crippen molar-refractivity contribution in [1.29, 1.82) is 0 Å². The monoisotopic (exact) mass is 325 g/mol. The Morgan fingerprint density at radius 2 is 2.18 bits per heavy atom. The second-order valence-corrected chi connectivity index (χ2v) is 5.47. The molecular formula is C15H20ClN3O3. The molecule has 1 aromatic carbocycles. The van der Waals surface area contributed by atoms with Gasteiger partial charge in [0, 0.05) is 24.3 Å². The maximum Gasteiger partial charge on any atom is 0.253 e. The summed E-state index contributed by atoms with van der Waals surface area (Å²) in [6, 6.07) is 5.51. The van der Waals surface area contributed by atoms with Crippen molar-refractivity contribution < 1.29 is 14.3 Å². The number of ether oxygens (including phenoxy) is 1. The highest BCUT2D eigenvalue weighted by Gasteiger charge is 2.30. The molecule has 2 heterocycles. The SMILES string of the molecule is Cl.NC[C@H]1CC[C@@H](C(=O)Nc2ccc3c(c2)CCC(=O)N3)O1. The maximum atomic E-state index is 12.1. The molecule has 2 aliphatic heterocycles. The molecule has 3 rings (SSSR count). The molecule has 0 bridgehead atoms. The molecule has 2 atom stereocenters. The molecule has 0 spiro atoms. The van der Waals surface area contributed by atoms with E-state index in [1.807, 2.05) is 12.1 Å². The van der Waals surface area contributed by atoms with Crippen molar-refractivity contribution in [2.45, 2.75) is 37.9 Å². The average Bonchev–Trinajstić information content (AvgIpc) is 2.96. The number of nitrogens with one attached hydrogen (secondary N) is 2. The molecule has 0 saturated carbocycles. The molecule has 1 fully saturated rings. The third-order valence-corrected chi connectivity index (χ3v) is 3.93. The average molecular weight is 326 g/mol. The molecule has 120 valence electrons. The number of amides is 2. The van der Waals surface area contributed by atoms with Crippen LogP contribution in [-0.2, 0) is 20.7 Å². The summed E-state index contributed by atoms with van der Waals surface area (Å²) in [4.78, 5) is 23.5. The van der Waals surface area contributed by atoms with Gasteiger partial charge in [0.2, 0.25) is 5.91 Å². The summed E-state index contributed by atoms with van der Waals surface area (Å²) < 4.78 is 5.58. The minimum absolute atomic E-state index is 0. The lowest BCUT2D eigenvalue weighted by molar-refractivity contribution is -0.126. The van der Waals surface area contributed by atoms with Crippen LogP contribution in [-0.4, -0.2) is 30.6 Å². The van der Waals surface area contributed by atoms with Gasteiger partial charge in [-0.25, -0.2) is 0 Å². The van der Waals surface area contributed by atoms with Crippen LogP contribution in [0.4, 0.5) is 11.4 Å². The van der Waals surface area contributed by atoms with E-state index in [4.69, 9.17) is 10.5 Å². The van der Waals surface area contributed by atoms with E-state index >= 15 is 0 Å². The van der Waals surface area contributed by atoms with Crippen LogP contribution < -0.4 is 16.4 Å². The Kier molecular flexibility index (Phi) is 5.39. The van der Waals surface area contributed by atoms with Crippen LogP contribution in [0.15, 0.2) is 18.2 Å². The Hall–Kier alpha value is -1.63. The molecule has 7 heteroatoms. The number of hydrogen-bond acceptors (Lipinski definition) is 4. The van der Waals surface area contributed by atoms with Gasteiger partial charge in [-0.3, -0.25) is 9.59 Å². The van der Waals surface area contributed by atoms with Crippen molar-refractivity contribution in [2.24, 2.45) is 5.73 Å². The number of nitrogens with two attached hydrogens (primary N) is 1. The quantitative estimate of drug-likeness (QED) is 0.784. The first-order valence-corrected chi connectivity index (χ1v) is 7.25. The van der Waals surface area contributed by atoms with Crippen molar-refractivity contribution in [2.75, 3.05) is 17.2 Å². The predicted molar refractivity (Wildman–Crippen MR) is 86.2 cm³/mol. The minimum atomic E-state index is -0.422. The van der Waals surface area contributed by atoms with Gasteiger partial charge in [-0.15, -0.1) is 12.4 Å². The van der Waals surface area contributed by atoms with Gasteiger partial charge < -0.3 is 21.1 Å². The number of hydrogen-bond donors (Lipinski definition) is 3. The Morgan fingerprint density at radius 3 is 2.91 bits per heavy atom. The van der Waals surface area contributed by atoms with Crippen LogP contribution >= 0.6 is 12.4 Å². The maximum absolute atomic E-state index is 12.1. The van der Waals surface area contributed by atoms with E-state index in [-0.39, 0.29) is 30.3 Å². The molecule has 1 saturated heterocycles. The van der Waals surface area contributed by atoms with E-state index < -0.39 is 6.10 Å². The molecule has 22 heavy (non-hydrogen) atoms. The summed E-state index contributed by atoms with van der Waals surface area (Å²) in [7, 11) is 0. The highest BCUT2D eigenvalue weighted by molar-refractivity contribution is 5.97. The van der Waals surface area contributed by atoms with E-state index in [0.717, 1.165) is 23.4 Å². The fraction of sp³-hybridized carbons (Fsp3) is 0.467. The number of halogens is 1. The first kappa shape index (κ1) is 16.7. The largest absolute Gasteiger partial charge is 0.364 e. The Morgan fingerprint density at radius 1 is 1.36 bits per heavy atom. The van der Waals surface area contributed by atoms with Gasteiger partial charge >= 0.3 is 0 Å². The second-order valence-electron chi connectivity index (χ2n) is 5.47. The lowest BCUT2D eigenvalue weighted by atomic mass is 10.0. The Bertz CT molecular complexity index is 579. The van der Waals surface area contributed by atoms with Crippen LogP contribution in [0.2, 0.25) is 0 Å². The van der Waals surface area contributed by atoms with E-state index in [1.54, 1.807) is 6.07 Å². The lowest BCUT2D eigenvalue weighted by Gasteiger charge is -2.18. The third-order valence-electron chi connectivity index (χ3n) is 3.93. The van der Waals surface area contributed by atoms with Crippen molar-refractivity contribution in [3.63, 3.8) is 0 Å². The molecule has 6 nitrogen and oxygen atoms in total. The first-order valence-electron chi connectivity index (χ1n) is 7.25. The van der Waals surface area contributed by atoms with Crippen LogP contribution in [0, 0.1) is 0 Å². The van der Waals surface area contributed by atoms with Crippen LogP contribution in [0.5, 0.6) is 0 Å². The second kappa shape index (κ2) is 7.09. The number of rotatable bonds is 3. The molecule has 0 radical (unpaired) electrons. The van der Waals surface area contributed by atoms with Crippen molar-refractivity contribution >= 4 is 35.6 Å². The zero-order chi connectivity index (χ0) is 14.8. The molecule has 1 aromatic rings. The van der Waals surface area contributed by atoms with Gasteiger partial charge in [0.05, 0.1) is 6.10 Å². The smallest absolute Gasteiger partial charge is 0.253 e. The number of anilines is 2. The van der Waals surface area contributed by atoms with Gasteiger partial charge in [0.25, 0.3) is 5.91 Å². The molecule has 0 aromatic heterocycles. The summed E-state index contributed by atoms with van der Waals surface area (Å²) >= 11 is 0. The van der Waals surface area contributed by atoms with Gasteiger partial charge in [-0.05, 0) is 43.0 Å². The fourth-order valence-electron chi connectivity index (χ4n) is 2.76. The zero-order valence-electron chi connectivity index (χ0n) is 12.1. The van der Waals surface area contributed by atoms with Gasteiger partial charge in [-0.1, -0.05) is 0 Å². The summed E-state index contributed by atoms with van der Waals surface area (Å²) in [6.45, 7) is 0.447. The first-order chi connectivity index (χ1) is 10.2. The number of benzene rings is 1.